The fourth-order valence-corrected chi connectivity index (χ4v) is 3.42. The Hall–Kier alpha value is -3.13. The fraction of sp³-hybridized carbons (Fsp3) is 0.238. The molecule has 1 atom stereocenters. The van der Waals surface area contributed by atoms with Gasteiger partial charge in [0.2, 0.25) is 17.8 Å². The summed E-state index contributed by atoms with van der Waals surface area (Å²) in [6.07, 6.45) is 0. The Morgan fingerprint density at radius 1 is 1.07 bits per heavy atom. The number of para-hydroxylation sites is 1. The number of thioether (sulfide) groups is 1. The minimum atomic E-state index is -0.0398. The Morgan fingerprint density at radius 3 is 2.55 bits per heavy atom. The second-order valence-corrected chi connectivity index (χ2v) is 7.55. The summed E-state index contributed by atoms with van der Waals surface area (Å²) in [7, 11) is 0. The summed E-state index contributed by atoms with van der Waals surface area (Å²) in [5.74, 6) is 1.80. The highest BCUT2D eigenvalue weighted by atomic mass is 32.2. The predicted molar refractivity (Wildman–Crippen MR) is 118 cm³/mol. The number of benzene rings is 2. The SMILES string of the molecule is Cc1ccccc1Nc1nc(N)nc(CSCC(=O)N[C@@H](C)c2ccccc2)n1. The molecule has 0 aliphatic rings. The fourth-order valence-electron chi connectivity index (χ4n) is 2.74. The average Bonchev–Trinajstić information content (AvgIpc) is 2.70. The van der Waals surface area contributed by atoms with Gasteiger partial charge in [-0.05, 0) is 31.0 Å². The highest BCUT2D eigenvalue weighted by Gasteiger charge is 2.11. The lowest BCUT2D eigenvalue weighted by Gasteiger charge is -2.14. The van der Waals surface area contributed by atoms with E-state index >= 15 is 0 Å². The van der Waals surface area contributed by atoms with E-state index in [1.807, 2.05) is 68.4 Å². The highest BCUT2D eigenvalue weighted by Crippen LogP contribution is 2.19. The molecule has 1 heterocycles. The molecule has 0 unspecified atom stereocenters. The third-order valence-electron chi connectivity index (χ3n) is 4.23. The topological polar surface area (TPSA) is 106 Å². The minimum absolute atomic E-state index is 0.0355. The van der Waals surface area contributed by atoms with Crippen molar-refractivity contribution in [3.05, 3.63) is 71.5 Å². The molecule has 0 fully saturated rings. The van der Waals surface area contributed by atoms with Gasteiger partial charge in [0, 0.05) is 5.69 Å². The van der Waals surface area contributed by atoms with Crippen LogP contribution in [-0.2, 0) is 10.5 Å². The number of carbonyl (C=O) groups excluding carboxylic acids is 1. The van der Waals surface area contributed by atoms with Gasteiger partial charge in [-0.1, -0.05) is 48.5 Å². The Morgan fingerprint density at radius 2 is 1.79 bits per heavy atom. The largest absolute Gasteiger partial charge is 0.368 e. The van der Waals surface area contributed by atoms with Gasteiger partial charge in [0.05, 0.1) is 17.5 Å². The van der Waals surface area contributed by atoms with E-state index in [1.54, 1.807) is 0 Å². The molecule has 8 heteroatoms. The summed E-state index contributed by atoms with van der Waals surface area (Å²) in [4.78, 5) is 24.9. The van der Waals surface area contributed by atoms with Crippen LogP contribution in [0.2, 0.25) is 0 Å². The van der Waals surface area contributed by atoms with Crippen LogP contribution in [0.3, 0.4) is 0 Å². The number of hydrogen-bond acceptors (Lipinski definition) is 7. The van der Waals surface area contributed by atoms with E-state index < -0.39 is 0 Å². The van der Waals surface area contributed by atoms with Crippen LogP contribution in [-0.4, -0.2) is 26.6 Å². The lowest BCUT2D eigenvalue weighted by molar-refractivity contribution is -0.119. The van der Waals surface area contributed by atoms with Gasteiger partial charge in [0.25, 0.3) is 0 Å². The second kappa shape index (κ2) is 9.88. The number of hydrogen-bond donors (Lipinski definition) is 3. The van der Waals surface area contributed by atoms with E-state index in [0.29, 0.717) is 23.3 Å². The molecule has 3 rings (SSSR count). The van der Waals surface area contributed by atoms with Crippen LogP contribution in [0, 0.1) is 6.92 Å². The molecule has 29 heavy (non-hydrogen) atoms. The van der Waals surface area contributed by atoms with Gasteiger partial charge < -0.3 is 16.4 Å². The van der Waals surface area contributed by atoms with E-state index in [1.165, 1.54) is 11.8 Å². The molecule has 4 N–H and O–H groups in total. The summed E-state index contributed by atoms with van der Waals surface area (Å²) in [5, 5.41) is 6.16. The van der Waals surface area contributed by atoms with Gasteiger partial charge in [-0.25, -0.2) is 0 Å². The summed E-state index contributed by atoms with van der Waals surface area (Å²) in [5.41, 5.74) is 8.88. The predicted octanol–water partition coefficient (Wildman–Crippen LogP) is 3.62. The number of nitrogen functional groups attached to an aromatic ring is 1. The van der Waals surface area contributed by atoms with Crippen molar-refractivity contribution in [2.75, 3.05) is 16.8 Å². The first-order chi connectivity index (χ1) is 14.0. The van der Waals surface area contributed by atoms with Crippen LogP contribution < -0.4 is 16.4 Å². The van der Waals surface area contributed by atoms with Crippen molar-refractivity contribution in [1.29, 1.82) is 0 Å². The number of nitrogens with two attached hydrogens (primary N) is 1. The smallest absolute Gasteiger partial charge is 0.232 e. The molecule has 1 amide bonds. The Balaban J connectivity index is 1.53. The molecular weight excluding hydrogens is 384 g/mol. The molecule has 0 spiro atoms. The van der Waals surface area contributed by atoms with E-state index in [2.05, 4.69) is 25.6 Å². The summed E-state index contributed by atoms with van der Waals surface area (Å²) in [6, 6.07) is 17.7. The van der Waals surface area contributed by atoms with Crippen LogP contribution in [0.4, 0.5) is 17.6 Å². The van der Waals surface area contributed by atoms with Gasteiger partial charge in [0.1, 0.15) is 5.82 Å². The van der Waals surface area contributed by atoms with Crippen LogP contribution in [0.5, 0.6) is 0 Å². The molecule has 150 valence electrons. The normalized spacial score (nSPS) is 11.7. The molecular formula is C21H24N6OS. The first-order valence-electron chi connectivity index (χ1n) is 9.26. The van der Waals surface area contributed by atoms with Crippen LogP contribution in [0.25, 0.3) is 0 Å². The van der Waals surface area contributed by atoms with Crippen LogP contribution in [0.15, 0.2) is 54.6 Å². The van der Waals surface area contributed by atoms with E-state index in [4.69, 9.17) is 5.73 Å². The quantitative estimate of drug-likeness (QED) is 0.523. The zero-order valence-corrected chi connectivity index (χ0v) is 17.2. The van der Waals surface area contributed by atoms with Gasteiger partial charge in [-0.2, -0.15) is 15.0 Å². The first kappa shape index (κ1) is 20.6. The van der Waals surface area contributed by atoms with E-state index in [-0.39, 0.29) is 17.9 Å². The maximum atomic E-state index is 12.2. The first-order valence-corrected chi connectivity index (χ1v) is 10.4. The van der Waals surface area contributed by atoms with Gasteiger partial charge in [-0.3, -0.25) is 4.79 Å². The third-order valence-corrected chi connectivity index (χ3v) is 5.16. The highest BCUT2D eigenvalue weighted by molar-refractivity contribution is 7.99. The zero-order chi connectivity index (χ0) is 20.6. The minimum Gasteiger partial charge on any atom is -0.368 e. The Kier molecular flexibility index (Phi) is 7.02. The Bertz CT molecular complexity index is 966. The second-order valence-electron chi connectivity index (χ2n) is 6.57. The number of nitrogens with zero attached hydrogens (tertiary/aromatic N) is 3. The summed E-state index contributed by atoms with van der Waals surface area (Å²) in [6.45, 7) is 3.97. The number of aromatic nitrogens is 3. The van der Waals surface area contributed by atoms with Crippen molar-refractivity contribution in [2.45, 2.75) is 25.6 Å². The van der Waals surface area contributed by atoms with Gasteiger partial charge >= 0.3 is 0 Å². The van der Waals surface area contributed by atoms with Crippen LogP contribution >= 0.6 is 11.8 Å². The van der Waals surface area contributed by atoms with Crippen molar-refractivity contribution in [3.63, 3.8) is 0 Å². The molecule has 0 radical (unpaired) electrons. The van der Waals surface area contributed by atoms with Crippen molar-refractivity contribution >= 4 is 35.3 Å². The molecule has 0 saturated carbocycles. The molecule has 7 nitrogen and oxygen atoms in total. The van der Waals surface area contributed by atoms with Crippen LogP contribution in [0.1, 0.15) is 29.9 Å². The maximum Gasteiger partial charge on any atom is 0.232 e. The zero-order valence-electron chi connectivity index (χ0n) is 16.4. The molecule has 3 aromatic rings. The molecule has 0 bridgehead atoms. The van der Waals surface area contributed by atoms with Gasteiger partial charge in [-0.15, -0.1) is 11.8 Å². The third kappa shape index (κ3) is 6.18. The maximum absolute atomic E-state index is 12.2. The molecule has 2 aromatic carbocycles. The number of rotatable bonds is 8. The molecule has 0 aliphatic carbocycles. The number of anilines is 3. The standard InChI is InChI=1S/C21H24N6OS/c1-14-8-6-7-11-17(14)24-21-26-18(25-20(22)27-21)12-29-13-19(28)23-15(2)16-9-4-3-5-10-16/h3-11,15H,12-13H2,1-2H3,(H,23,28)(H3,22,24,25,26,27)/t15-/m0/s1. The van der Waals surface area contributed by atoms with Crippen molar-refractivity contribution in [1.82, 2.24) is 20.3 Å². The van der Waals surface area contributed by atoms with Crippen molar-refractivity contribution in [2.24, 2.45) is 0 Å². The monoisotopic (exact) mass is 408 g/mol. The van der Waals surface area contributed by atoms with E-state index in [0.717, 1.165) is 16.8 Å². The molecule has 0 aliphatic heterocycles. The lowest BCUT2D eigenvalue weighted by Crippen LogP contribution is -2.28. The summed E-state index contributed by atoms with van der Waals surface area (Å²) >= 11 is 1.43. The number of carbonyl (C=O) groups is 1. The molecule has 1 aromatic heterocycles. The summed E-state index contributed by atoms with van der Waals surface area (Å²) < 4.78 is 0. The average molecular weight is 409 g/mol. The number of amides is 1. The lowest BCUT2D eigenvalue weighted by atomic mass is 10.1. The van der Waals surface area contributed by atoms with Crippen molar-refractivity contribution < 1.29 is 4.79 Å². The number of nitrogens with one attached hydrogen (secondary N) is 2. The van der Waals surface area contributed by atoms with E-state index in [9.17, 15) is 4.79 Å². The number of aryl methyl sites for hydroxylation is 1. The van der Waals surface area contributed by atoms with Crippen molar-refractivity contribution in [3.8, 4) is 0 Å². The van der Waals surface area contributed by atoms with Gasteiger partial charge in [0.15, 0.2) is 0 Å². The Labute approximate surface area is 174 Å². The molecule has 0 saturated heterocycles.